The standard InChI is InChI=1S/C16H19N3O/c1-11-6-8-13(9-7-11)12(2)19(3)16(20)15-14(17)5-4-10-18-15/h4-10,12H,17H2,1-3H3. The van der Waals surface area contributed by atoms with Gasteiger partial charge in [0.2, 0.25) is 0 Å². The molecule has 0 bridgehead atoms. The average Bonchev–Trinajstić information content (AvgIpc) is 2.46. The normalized spacial score (nSPS) is 11.9. The minimum atomic E-state index is -0.170. The van der Waals surface area contributed by atoms with Gasteiger partial charge in [0.25, 0.3) is 5.91 Å². The fourth-order valence-corrected chi connectivity index (χ4v) is 2.01. The molecule has 0 aliphatic carbocycles. The van der Waals surface area contributed by atoms with Gasteiger partial charge in [-0.15, -0.1) is 0 Å². The van der Waals surface area contributed by atoms with Crippen molar-refractivity contribution in [2.75, 3.05) is 12.8 Å². The Kier molecular flexibility index (Phi) is 4.03. The predicted octanol–water partition coefficient (Wildman–Crippen LogP) is 2.81. The lowest BCUT2D eigenvalue weighted by atomic mass is 10.1. The minimum Gasteiger partial charge on any atom is -0.397 e. The molecule has 1 aromatic heterocycles. The molecule has 1 atom stereocenters. The van der Waals surface area contributed by atoms with Gasteiger partial charge in [-0.05, 0) is 31.5 Å². The summed E-state index contributed by atoms with van der Waals surface area (Å²) in [5, 5.41) is 0. The molecule has 0 fully saturated rings. The topological polar surface area (TPSA) is 59.2 Å². The van der Waals surface area contributed by atoms with E-state index in [2.05, 4.69) is 4.98 Å². The number of rotatable bonds is 3. The van der Waals surface area contributed by atoms with E-state index in [1.165, 1.54) is 5.56 Å². The number of hydrogen-bond acceptors (Lipinski definition) is 3. The Bertz CT molecular complexity index is 607. The number of carbonyl (C=O) groups excluding carboxylic acids is 1. The van der Waals surface area contributed by atoms with Crippen LogP contribution in [-0.4, -0.2) is 22.8 Å². The highest BCUT2D eigenvalue weighted by atomic mass is 16.2. The third-order valence-corrected chi connectivity index (χ3v) is 3.50. The number of pyridine rings is 1. The number of aromatic nitrogens is 1. The van der Waals surface area contributed by atoms with Gasteiger partial charge in [0.15, 0.2) is 5.69 Å². The lowest BCUT2D eigenvalue weighted by Crippen LogP contribution is -2.30. The van der Waals surface area contributed by atoms with Crippen molar-refractivity contribution < 1.29 is 4.79 Å². The maximum atomic E-state index is 12.4. The first-order valence-corrected chi connectivity index (χ1v) is 6.55. The molecule has 20 heavy (non-hydrogen) atoms. The molecule has 2 aromatic rings. The van der Waals surface area contributed by atoms with Gasteiger partial charge in [-0.3, -0.25) is 4.79 Å². The minimum absolute atomic E-state index is 0.0375. The van der Waals surface area contributed by atoms with E-state index in [1.807, 2.05) is 38.1 Å². The lowest BCUT2D eigenvalue weighted by Gasteiger charge is -2.25. The fourth-order valence-electron chi connectivity index (χ4n) is 2.01. The van der Waals surface area contributed by atoms with E-state index >= 15 is 0 Å². The van der Waals surface area contributed by atoms with Crippen molar-refractivity contribution in [2.24, 2.45) is 0 Å². The van der Waals surface area contributed by atoms with Gasteiger partial charge >= 0.3 is 0 Å². The molecule has 0 aliphatic heterocycles. The summed E-state index contributed by atoms with van der Waals surface area (Å²) in [5.74, 6) is -0.170. The first kappa shape index (κ1) is 14.1. The quantitative estimate of drug-likeness (QED) is 0.932. The first-order chi connectivity index (χ1) is 9.50. The Morgan fingerprint density at radius 3 is 2.50 bits per heavy atom. The van der Waals surface area contributed by atoms with E-state index in [0.717, 1.165) is 5.56 Å². The van der Waals surface area contributed by atoms with Crippen LogP contribution in [0, 0.1) is 6.92 Å². The molecule has 0 aliphatic rings. The summed E-state index contributed by atoms with van der Waals surface area (Å²) in [6.07, 6.45) is 1.58. The summed E-state index contributed by atoms with van der Waals surface area (Å²) in [6.45, 7) is 4.03. The molecule has 0 radical (unpaired) electrons. The van der Waals surface area contributed by atoms with Crippen LogP contribution in [0.4, 0.5) is 5.69 Å². The summed E-state index contributed by atoms with van der Waals surface area (Å²) in [6, 6.07) is 11.5. The van der Waals surface area contributed by atoms with Crippen molar-refractivity contribution in [3.63, 3.8) is 0 Å². The highest BCUT2D eigenvalue weighted by Gasteiger charge is 2.21. The van der Waals surface area contributed by atoms with Crippen molar-refractivity contribution >= 4 is 11.6 Å². The summed E-state index contributed by atoms with van der Waals surface area (Å²) >= 11 is 0. The molecule has 0 spiro atoms. The van der Waals surface area contributed by atoms with Crippen molar-refractivity contribution in [3.05, 3.63) is 59.4 Å². The number of carbonyl (C=O) groups is 1. The smallest absolute Gasteiger partial charge is 0.274 e. The molecule has 104 valence electrons. The maximum Gasteiger partial charge on any atom is 0.274 e. The summed E-state index contributed by atoms with van der Waals surface area (Å²) in [7, 11) is 1.76. The Morgan fingerprint density at radius 2 is 1.90 bits per heavy atom. The van der Waals surface area contributed by atoms with Gasteiger partial charge in [0.05, 0.1) is 11.7 Å². The molecule has 1 amide bonds. The van der Waals surface area contributed by atoms with Crippen LogP contribution in [0.2, 0.25) is 0 Å². The van der Waals surface area contributed by atoms with Crippen LogP contribution >= 0.6 is 0 Å². The van der Waals surface area contributed by atoms with Crippen LogP contribution in [0.3, 0.4) is 0 Å². The number of nitrogens with two attached hydrogens (primary N) is 1. The summed E-state index contributed by atoms with van der Waals surface area (Å²) < 4.78 is 0. The van der Waals surface area contributed by atoms with Crippen LogP contribution in [-0.2, 0) is 0 Å². The number of benzene rings is 1. The van der Waals surface area contributed by atoms with Gasteiger partial charge in [0.1, 0.15) is 0 Å². The number of anilines is 1. The molecule has 0 saturated heterocycles. The molecule has 1 unspecified atom stereocenters. The highest BCUT2D eigenvalue weighted by molar-refractivity contribution is 5.97. The van der Waals surface area contributed by atoms with Crippen LogP contribution < -0.4 is 5.73 Å². The van der Waals surface area contributed by atoms with Gasteiger partial charge < -0.3 is 10.6 Å². The van der Waals surface area contributed by atoms with Crippen LogP contribution in [0.15, 0.2) is 42.6 Å². The van der Waals surface area contributed by atoms with E-state index in [4.69, 9.17) is 5.73 Å². The molecule has 4 nitrogen and oxygen atoms in total. The monoisotopic (exact) mass is 269 g/mol. The summed E-state index contributed by atoms with van der Waals surface area (Å²) in [5.41, 5.74) is 8.79. The first-order valence-electron chi connectivity index (χ1n) is 6.55. The Hall–Kier alpha value is -2.36. The molecule has 1 heterocycles. The Balaban J connectivity index is 2.22. The highest BCUT2D eigenvalue weighted by Crippen LogP contribution is 2.22. The zero-order chi connectivity index (χ0) is 14.7. The number of aryl methyl sites for hydroxylation is 1. The van der Waals surface area contributed by atoms with Crippen LogP contribution in [0.1, 0.15) is 34.6 Å². The van der Waals surface area contributed by atoms with E-state index in [9.17, 15) is 4.79 Å². The molecule has 0 saturated carbocycles. The third kappa shape index (κ3) is 2.79. The van der Waals surface area contributed by atoms with Gasteiger partial charge in [-0.1, -0.05) is 29.8 Å². The largest absolute Gasteiger partial charge is 0.397 e. The number of hydrogen-bond donors (Lipinski definition) is 1. The van der Waals surface area contributed by atoms with Gasteiger partial charge in [-0.2, -0.15) is 0 Å². The van der Waals surface area contributed by atoms with Crippen LogP contribution in [0.5, 0.6) is 0 Å². The molecular formula is C16H19N3O. The van der Waals surface area contributed by atoms with E-state index < -0.39 is 0 Å². The summed E-state index contributed by atoms with van der Waals surface area (Å²) in [4.78, 5) is 18.2. The van der Waals surface area contributed by atoms with Gasteiger partial charge in [0, 0.05) is 13.2 Å². The third-order valence-electron chi connectivity index (χ3n) is 3.50. The lowest BCUT2D eigenvalue weighted by molar-refractivity contribution is 0.0738. The molecule has 2 N–H and O–H groups in total. The molecular weight excluding hydrogens is 250 g/mol. The molecule has 1 aromatic carbocycles. The Morgan fingerprint density at radius 1 is 1.25 bits per heavy atom. The second-order valence-electron chi connectivity index (χ2n) is 4.94. The van der Waals surface area contributed by atoms with Crippen LogP contribution in [0.25, 0.3) is 0 Å². The maximum absolute atomic E-state index is 12.4. The van der Waals surface area contributed by atoms with Crippen molar-refractivity contribution in [2.45, 2.75) is 19.9 Å². The predicted molar refractivity (Wildman–Crippen MR) is 80.3 cm³/mol. The zero-order valence-corrected chi connectivity index (χ0v) is 12.0. The SMILES string of the molecule is Cc1ccc(C(C)N(C)C(=O)c2ncccc2N)cc1. The van der Waals surface area contributed by atoms with E-state index in [-0.39, 0.29) is 11.9 Å². The average molecular weight is 269 g/mol. The fraction of sp³-hybridized carbons (Fsp3) is 0.250. The van der Waals surface area contributed by atoms with E-state index in [1.54, 1.807) is 30.3 Å². The van der Waals surface area contributed by atoms with E-state index in [0.29, 0.717) is 11.4 Å². The number of nitrogen functional groups attached to an aromatic ring is 1. The second-order valence-corrected chi connectivity index (χ2v) is 4.94. The zero-order valence-electron chi connectivity index (χ0n) is 12.0. The molecule has 4 heteroatoms. The van der Waals surface area contributed by atoms with Crippen molar-refractivity contribution in [1.82, 2.24) is 9.88 Å². The van der Waals surface area contributed by atoms with Gasteiger partial charge in [-0.25, -0.2) is 4.98 Å². The second kappa shape index (κ2) is 5.74. The Labute approximate surface area is 119 Å². The number of nitrogens with zero attached hydrogens (tertiary/aromatic N) is 2. The van der Waals surface area contributed by atoms with Crippen molar-refractivity contribution in [3.8, 4) is 0 Å². The molecule has 2 rings (SSSR count). The van der Waals surface area contributed by atoms with Crippen molar-refractivity contribution in [1.29, 1.82) is 0 Å². The number of amides is 1.